The molecule has 0 aliphatic carbocycles. The van der Waals surface area contributed by atoms with Crippen LogP contribution in [0.2, 0.25) is 5.02 Å². The average Bonchev–Trinajstić information content (AvgIpc) is 2.55. The highest BCUT2D eigenvalue weighted by Gasteiger charge is 2.20. The van der Waals surface area contributed by atoms with Crippen molar-refractivity contribution in [1.29, 1.82) is 0 Å². The lowest BCUT2D eigenvalue weighted by atomic mass is 10.1. The Morgan fingerprint density at radius 3 is 2.50 bits per heavy atom. The maximum atomic E-state index is 10.8. The number of aromatic hydroxyl groups is 1. The predicted octanol–water partition coefficient (Wildman–Crippen LogP) is 3.28. The SMILES string of the molecule is O=[N+]([O-])c1ccc(N2CCN(Cc3cccc(O)c3)CC2)c(Cl)c1. The minimum atomic E-state index is -0.442. The zero-order valence-corrected chi connectivity index (χ0v) is 13.8. The number of nitro benzene ring substituents is 1. The van der Waals surface area contributed by atoms with Crippen LogP contribution in [0.4, 0.5) is 11.4 Å². The Morgan fingerprint density at radius 1 is 1.12 bits per heavy atom. The second-order valence-corrected chi connectivity index (χ2v) is 6.23. The molecule has 1 saturated heterocycles. The first-order chi connectivity index (χ1) is 11.5. The molecule has 1 heterocycles. The number of phenols is 1. The summed E-state index contributed by atoms with van der Waals surface area (Å²) < 4.78 is 0. The second-order valence-electron chi connectivity index (χ2n) is 5.83. The molecular formula is C17H18ClN3O3. The molecule has 1 aliphatic heterocycles. The van der Waals surface area contributed by atoms with Crippen LogP contribution in [-0.2, 0) is 6.54 Å². The van der Waals surface area contributed by atoms with Crippen LogP contribution in [0.1, 0.15) is 5.56 Å². The number of benzene rings is 2. The van der Waals surface area contributed by atoms with Gasteiger partial charge in [-0.05, 0) is 23.8 Å². The van der Waals surface area contributed by atoms with Gasteiger partial charge in [-0.15, -0.1) is 0 Å². The fraction of sp³-hybridized carbons (Fsp3) is 0.294. The van der Waals surface area contributed by atoms with Gasteiger partial charge in [-0.2, -0.15) is 0 Å². The highest BCUT2D eigenvalue weighted by atomic mass is 35.5. The van der Waals surface area contributed by atoms with Crippen LogP contribution in [0.3, 0.4) is 0 Å². The van der Waals surface area contributed by atoms with E-state index in [0.717, 1.165) is 44.0 Å². The monoisotopic (exact) mass is 347 g/mol. The zero-order chi connectivity index (χ0) is 17.1. The van der Waals surface area contributed by atoms with E-state index in [1.54, 1.807) is 18.2 Å². The third-order valence-electron chi connectivity index (χ3n) is 4.17. The number of halogens is 1. The minimum Gasteiger partial charge on any atom is -0.508 e. The lowest BCUT2D eigenvalue weighted by Gasteiger charge is -2.36. The van der Waals surface area contributed by atoms with Crippen LogP contribution in [0.25, 0.3) is 0 Å². The molecule has 1 aliphatic rings. The number of nitro groups is 1. The van der Waals surface area contributed by atoms with Gasteiger partial charge in [0.2, 0.25) is 0 Å². The molecule has 0 atom stereocenters. The molecule has 3 rings (SSSR count). The van der Waals surface area contributed by atoms with Crippen molar-refractivity contribution in [2.45, 2.75) is 6.54 Å². The summed E-state index contributed by atoms with van der Waals surface area (Å²) >= 11 is 6.20. The van der Waals surface area contributed by atoms with Crippen LogP contribution in [-0.4, -0.2) is 41.1 Å². The average molecular weight is 348 g/mol. The molecule has 1 fully saturated rings. The molecule has 0 aromatic heterocycles. The third kappa shape index (κ3) is 3.77. The van der Waals surface area contributed by atoms with Gasteiger partial charge in [-0.3, -0.25) is 15.0 Å². The van der Waals surface area contributed by atoms with E-state index in [1.807, 2.05) is 12.1 Å². The van der Waals surface area contributed by atoms with Crippen LogP contribution in [0.5, 0.6) is 5.75 Å². The first-order valence-electron chi connectivity index (χ1n) is 7.72. The number of hydrogen-bond donors (Lipinski definition) is 1. The molecular weight excluding hydrogens is 330 g/mol. The van der Waals surface area contributed by atoms with Crippen molar-refractivity contribution in [2.75, 3.05) is 31.1 Å². The molecule has 0 spiro atoms. The van der Waals surface area contributed by atoms with Crippen molar-refractivity contribution in [3.8, 4) is 5.75 Å². The predicted molar refractivity (Wildman–Crippen MR) is 93.7 cm³/mol. The molecule has 0 unspecified atom stereocenters. The van der Waals surface area contributed by atoms with Crippen molar-refractivity contribution < 1.29 is 10.0 Å². The van der Waals surface area contributed by atoms with Gasteiger partial charge in [0.1, 0.15) is 5.75 Å². The Kier molecular flexibility index (Phi) is 4.87. The minimum absolute atomic E-state index is 0.00581. The maximum Gasteiger partial charge on any atom is 0.271 e. The van der Waals surface area contributed by atoms with E-state index in [2.05, 4.69) is 9.80 Å². The van der Waals surface area contributed by atoms with Crippen LogP contribution >= 0.6 is 11.6 Å². The quantitative estimate of drug-likeness (QED) is 0.679. The number of piperazine rings is 1. The first kappa shape index (κ1) is 16.5. The highest BCUT2D eigenvalue weighted by Crippen LogP contribution is 2.30. The molecule has 0 bridgehead atoms. The Bertz CT molecular complexity index is 746. The van der Waals surface area contributed by atoms with E-state index in [-0.39, 0.29) is 11.4 Å². The van der Waals surface area contributed by atoms with Crippen molar-refractivity contribution in [1.82, 2.24) is 4.90 Å². The van der Waals surface area contributed by atoms with Gasteiger partial charge in [-0.1, -0.05) is 23.7 Å². The molecule has 0 saturated carbocycles. The van der Waals surface area contributed by atoms with E-state index in [0.29, 0.717) is 5.02 Å². The summed E-state index contributed by atoms with van der Waals surface area (Å²) in [6.45, 7) is 4.12. The van der Waals surface area contributed by atoms with Gasteiger partial charge < -0.3 is 10.0 Å². The number of nitrogens with zero attached hydrogens (tertiary/aromatic N) is 3. The fourth-order valence-electron chi connectivity index (χ4n) is 2.93. The largest absolute Gasteiger partial charge is 0.508 e. The lowest BCUT2D eigenvalue weighted by Crippen LogP contribution is -2.46. The summed E-state index contributed by atoms with van der Waals surface area (Å²) in [7, 11) is 0. The summed E-state index contributed by atoms with van der Waals surface area (Å²) in [5.41, 5.74) is 1.92. The smallest absolute Gasteiger partial charge is 0.271 e. The molecule has 126 valence electrons. The lowest BCUT2D eigenvalue weighted by molar-refractivity contribution is -0.384. The highest BCUT2D eigenvalue weighted by molar-refractivity contribution is 6.33. The molecule has 1 N–H and O–H groups in total. The van der Waals surface area contributed by atoms with Crippen LogP contribution < -0.4 is 4.90 Å². The van der Waals surface area contributed by atoms with E-state index < -0.39 is 4.92 Å². The summed E-state index contributed by atoms with van der Waals surface area (Å²) in [6.07, 6.45) is 0. The van der Waals surface area contributed by atoms with Crippen LogP contribution in [0.15, 0.2) is 42.5 Å². The molecule has 2 aromatic carbocycles. The van der Waals surface area contributed by atoms with Gasteiger partial charge >= 0.3 is 0 Å². The molecule has 2 aromatic rings. The van der Waals surface area contributed by atoms with Crippen LogP contribution in [0, 0.1) is 10.1 Å². The summed E-state index contributed by atoms with van der Waals surface area (Å²) in [5.74, 6) is 0.281. The maximum absolute atomic E-state index is 10.8. The van der Waals surface area contributed by atoms with E-state index in [4.69, 9.17) is 11.6 Å². The Balaban J connectivity index is 1.62. The number of non-ortho nitro benzene ring substituents is 1. The number of rotatable bonds is 4. The van der Waals surface area contributed by atoms with Gasteiger partial charge in [-0.25, -0.2) is 0 Å². The fourth-order valence-corrected chi connectivity index (χ4v) is 3.22. The van der Waals surface area contributed by atoms with Crippen molar-refractivity contribution >= 4 is 23.0 Å². The second kappa shape index (κ2) is 7.07. The number of anilines is 1. The summed E-state index contributed by atoms with van der Waals surface area (Å²) in [4.78, 5) is 14.8. The Hall–Kier alpha value is -2.31. The van der Waals surface area contributed by atoms with Crippen molar-refractivity contribution in [2.24, 2.45) is 0 Å². The Morgan fingerprint density at radius 2 is 1.88 bits per heavy atom. The van der Waals surface area contributed by atoms with E-state index in [9.17, 15) is 15.2 Å². The normalized spacial score (nSPS) is 15.5. The zero-order valence-electron chi connectivity index (χ0n) is 13.1. The van der Waals surface area contributed by atoms with Gasteiger partial charge in [0.25, 0.3) is 5.69 Å². The third-order valence-corrected chi connectivity index (χ3v) is 4.47. The Labute approximate surface area is 145 Å². The van der Waals surface area contributed by atoms with E-state index >= 15 is 0 Å². The van der Waals surface area contributed by atoms with Crippen molar-refractivity contribution in [3.05, 3.63) is 63.2 Å². The molecule has 7 heteroatoms. The summed E-state index contributed by atoms with van der Waals surface area (Å²) in [6, 6.07) is 11.9. The molecule has 0 radical (unpaired) electrons. The van der Waals surface area contributed by atoms with Crippen molar-refractivity contribution in [3.63, 3.8) is 0 Å². The topological polar surface area (TPSA) is 69.9 Å². The molecule has 6 nitrogen and oxygen atoms in total. The standard InChI is InChI=1S/C17H18ClN3O3/c18-16-11-14(21(23)24)4-5-17(16)20-8-6-19(7-9-20)12-13-2-1-3-15(22)10-13/h1-5,10-11,22H,6-9,12H2. The van der Waals surface area contributed by atoms with Gasteiger partial charge in [0, 0.05) is 44.9 Å². The number of hydrogen-bond acceptors (Lipinski definition) is 5. The van der Waals surface area contributed by atoms with Gasteiger partial charge in [0.05, 0.1) is 15.6 Å². The summed E-state index contributed by atoms with van der Waals surface area (Å²) in [5, 5.41) is 20.7. The van der Waals surface area contributed by atoms with Gasteiger partial charge in [0.15, 0.2) is 0 Å². The first-order valence-corrected chi connectivity index (χ1v) is 8.10. The molecule has 0 amide bonds. The number of phenolic OH excluding ortho intramolecular Hbond substituents is 1. The molecule has 24 heavy (non-hydrogen) atoms. The van der Waals surface area contributed by atoms with E-state index in [1.165, 1.54) is 12.1 Å².